The van der Waals surface area contributed by atoms with Crippen molar-refractivity contribution in [2.24, 2.45) is 5.73 Å². The number of anilines is 1. The molecule has 1 rings (SSSR count). The molecule has 0 aliphatic rings. The SMILES string of the molecule is COc1ccc(N)cc1CC(C)(C)N. The highest BCUT2D eigenvalue weighted by molar-refractivity contribution is 5.48. The van der Waals surface area contributed by atoms with Crippen molar-refractivity contribution in [2.45, 2.75) is 25.8 Å². The largest absolute Gasteiger partial charge is 0.496 e. The van der Waals surface area contributed by atoms with Crippen molar-refractivity contribution in [2.75, 3.05) is 12.8 Å². The Labute approximate surface area is 85.0 Å². The van der Waals surface area contributed by atoms with Crippen LogP contribution in [-0.2, 0) is 6.42 Å². The zero-order chi connectivity index (χ0) is 10.8. The second-order valence-corrected chi connectivity index (χ2v) is 4.24. The summed E-state index contributed by atoms with van der Waals surface area (Å²) in [5.41, 5.74) is 13.2. The number of rotatable bonds is 3. The van der Waals surface area contributed by atoms with Gasteiger partial charge in [-0.2, -0.15) is 0 Å². The van der Waals surface area contributed by atoms with E-state index in [0.717, 1.165) is 23.4 Å². The number of hydrogen-bond acceptors (Lipinski definition) is 3. The molecule has 0 aliphatic heterocycles. The fourth-order valence-corrected chi connectivity index (χ4v) is 1.43. The predicted octanol–water partition coefficient (Wildman–Crippen LogP) is 1.56. The Hall–Kier alpha value is -1.22. The average Bonchev–Trinajstić information content (AvgIpc) is 2.01. The first-order chi connectivity index (χ1) is 6.42. The van der Waals surface area contributed by atoms with Gasteiger partial charge in [-0.25, -0.2) is 0 Å². The van der Waals surface area contributed by atoms with E-state index < -0.39 is 0 Å². The van der Waals surface area contributed by atoms with Crippen LogP contribution in [0.25, 0.3) is 0 Å². The number of ether oxygens (including phenoxy) is 1. The molecule has 0 radical (unpaired) electrons. The smallest absolute Gasteiger partial charge is 0.122 e. The molecule has 1 aromatic rings. The Kier molecular flexibility index (Phi) is 3.01. The maximum Gasteiger partial charge on any atom is 0.122 e. The van der Waals surface area contributed by atoms with Crippen molar-refractivity contribution in [3.05, 3.63) is 23.8 Å². The van der Waals surface area contributed by atoms with E-state index in [4.69, 9.17) is 16.2 Å². The molecule has 78 valence electrons. The molecule has 0 unspecified atom stereocenters. The number of benzene rings is 1. The Morgan fingerprint density at radius 1 is 1.36 bits per heavy atom. The van der Waals surface area contributed by atoms with E-state index >= 15 is 0 Å². The van der Waals surface area contributed by atoms with Gasteiger partial charge in [0.1, 0.15) is 5.75 Å². The van der Waals surface area contributed by atoms with Crippen molar-refractivity contribution < 1.29 is 4.74 Å². The zero-order valence-corrected chi connectivity index (χ0v) is 9.00. The summed E-state index contributed by atoms with van der Waals surface area (Å²) in [6, 6.07) is 5.61. The summed E-state index contributed by atoms with van der Waals surface area (Å²) in [6.07, 6.45) is 0.751. The van der Waals surface area contributed by atoms with E-state index in [1.165, 1.54) is 0 Å². The standard InChI is InChI=1S/C11H18N2O/c1-11(2,13)7-8-6-9(12)4-5-10(8)14-3/h4-6H,7,12-13H2,1-3H3. The fourth-order valence-electron chi connectivity index (χ4n) is 1.43. The molecule has 3 heteroatoms. The maximum atomic E-state index is 5.94. The fraction of sp³-hybridized carbons (Fsp3) is 0.455. The van der Waals surface area contributed by atoms with Crippen LogP contribution < -0.4 is 16.2 Å². The Morgan fingerprint density at radius 2 is 2.00 bits per heavy atom. The highest BCUT2D eigenvalue weighted by atomic mass is 16.5. The topological polar surface area (TPSA) is 61.3 Å². The second kappa shape index (κ2) is 3.88. The van der Waals surface area contributed by atoms with Crippen molar-refractivity contribution in [3.8, 4) is 5.75 Å². The van der Waals surface area contributed by atoms with Crippen LogP contribution in [0.15, 0.2) is 18.2 Å². The highest BCUT2D eigenvalue weighted by Crippen LogP contribution is 2.24. The summed E-state index contributed by atoms with van der Waals surface area (Å²) in [7, 11) is 1.65. The lowest BCUT2D eigenvalue weighted by molar-refractivity contribution is 0.402. The van der Waals surface area contributed by atoms with Gasteiger partial charge in [-0.3, -0.25) is 0 Å². The predicted molar refractivity (Wildman–Crippen MR) is 59.4 cm³/mol. The van der Waals surface area contributed by atoms with Crippen molar-refractivity contribution in [1.82, 2.24) is 0 Å². The molecular formula is C11H18N2O. The summed E-state index contributed by atoms with van der Waals surface area (Å²) >= 11 is 0. The van der Waals surface area contributed by atoms with Crippen LogP contribution in [0.3, 0.4) is 0 Å². The van der Waals surface area contributed by atoms with Gasteiger partial charge in [0.05, 0.1) is 7.11 Å². The number of methoxy groups -OCH3 is 1. The molecule has 0 aliphatic carbocycles. The van der Waals surface area contributed by atoms with E-state index in [0.29, 0.717) is 0 Å². The lowest BCUT2D eigenvalue weighted by Gasteiger charge is -2.20. The first-order valence-electron chi connectivity index (χ1n) is 4.63. The van der Waals surface area contributed by atoms with E-state index in [9.17, 15) is 0 Å². The lowest BCUT2D eigenvalue weighted by Crippen LogP contribution is -2.34. The molecule has 0 fully saturated rings. The van der Waals surface area contributed by atoms with E-state index in [1.807, 2.05) is 32.0 Å². The van der Waals surface area contributed by atoms with Crippen LogP contribution in [-0.4, -0.2) is 12.6 Å². The number of nitrogens with two attached hydrogens (primary N) is 2. The summed E-state index contributed by atoms with van der Waals surface area (Å²) in [4.78, 5) is 0. The summed E-state index contributed by atoms with van der Waals surface area (Å²) in [5.74, 6) is 0.845. The van der Waals surface area contributed by atoms with Crippen molar-refractivity contribution in [1.29, 1.82) is 0 Å². The molecule has 0 heterocycles. The Bertz CT molecular complexity index is 316. The molecule has 3 nitrogen and oxygen atoms in total. The van der Waals surface area contributed by atoms with E-state index in [1.54, 1.807) is 7.11 Å². The third kappa shape index (κ3) is 2.92. The van der Waals surface area contributed by atoms with Crippen LogP contribution in [0.2, 0.25) is 0 Å². The Morgan fingerprint density at radius 3 is 2.50 bits per heavy atom. The third-order valence-electron chi connectivity index (χ3n) is 1.95. The first-order valence-corrected chi connectivity index (χ1v) is 4.63. The van der Waals surface area contributed by atoms with Crippen LogP contribution in [0, 0.1) is 0 Å². The molecule has 0 saturated heterocycles. The normalized spacial score (nSPS) is 11.4. The molecule has 4 N–H and O–H groups in total. The quantitative estimate of drug-likeness (QED) is 0.718. The first kappa shape index (κ1) is 10.9. The van der Waals surface area contributed by atoms with Gasteiger partial charge in [0.15, 0.2) is 0 Å². The van der Waals surface area contributed by atoms with Crippen molar-refractivity contribution in [3.63, 3.8) is 0 Å². The Balaban J connectivity index is 2.99. The van der Waals surface area contributed by atoms with Crippen LogP contribution >= 0.6 is 0 Å². The molecule has 0 aromatic heterocycles. The van der Waals surface area contributed by atoms with E-state index in [2.05, 4.69) is 0 Å². The molecule has 0 atom stereocenters. The highest BCUT2D eigenvalue weighted by Gasteiger charge is 2.14. The zero-order valence-electron chi connectivity index (χ0n) is 9.00. The monoisotopic (exact) mass is 194 g/mol. The molecule has 0 spiro atoms. The lowest BCUT2D eigenvalue weighted by atomic mass is 9.95. The third-order valence-corrected chi connectivity index (χ3v) is 1.95. The van der Waals surface area contributed by atoms with Crippen LogP contribution in [0.1, 0.15) is 19.4 Å². The van der Waals surface area contributed by atoms with Crippen LogP contribution in [0.4, 0.5) is 5.69 Å². The molecule has 0 amide bonds. The minimum atomic E-state index is -0.249. The summed E-state index contributed by atoms with van der Waals surface area (Å²) < 4.78 is 5.24. The van der Waals surface area contributed by atoms with Gasteiger partial charge in [0.25, 0.3) is 0 Å². The summed E-state index contributed by atoms with van der Waals surface area (Å²) in [5, 5.41) is 0. The van der Waals surface area contributed by atoms with E-state index in [-0.39, 0.29) is 5.54 Å². The van der Waals surface area contributed by atoms with Gasteiger partial charge in [0.2, 0.25) is 0 Å². The average molecular weight is 194 g/mol. The van der Waals surface area contributed by atoms with Gasteiger partial charge >= 0.3 is 0 Å². The summed E-state index contributed by atoms with van der Waals surface area (Å²) in [6.45, 7) is 3.96. The minimum Gasteiger partial charge on any atom is -0.496 e. The van der Waals surface area contributed by atoms with Crippen molar-refractivity contribution >= 4 is 5.69 Å². The molecular weight excluding hydrogens is 176 g/mol. The molecule has 0 bridgehead atoms. The van der Waals surface area contributed by atoms with Crippen LogP contribution in [0.5, 0.6) is 5.75 Å². The maximum absolute atomic E-state index is 5.94. The van der Waals surface area contributed by atoms with Gasteiger partial charge in [-0.05, 0) is 44.0 Å². The molecule has 1 aromatic carbocycles. The molecule has 14 heavy (non-hydrogen) atoms. The molecule has 0 saturated carbocycles. The van der Waals surface area contributed by atoms with Gasteiger partial charge < -0.3 is 16.2 Å². The minimum absolute atomic E-state index is 0.249. The number of hydrogen-bond donors (Lipinski definition) is 2. The number of nitrogen functional groups attached to an aromatic ring is 1. The van der Waals surface area contributed by atoms with Gasteiger partial charge in [-0.1, -0.05) is 0 Å². The van der Waals surface area contributed by atoms with Gasteiger partial charge in [-0.15, -0.1) is 0 Å². The second-order valence-electron chi connectivity index (χ2n) is 4.24. The van der Waals surface area contributed by atoms with Gasteiger partial charge in [0, 0.05) is 11.2 Å².